The van der Waals surface area contributed by atoms with Crippen LogP contribution < -0.4 is 10.1 Å². The molecule has 0 saturated carbocycles. The molecule has 1 unspecified atom stereocenters. The first-order valence-electron chi connectivity index (χ1n) is 7.07. The van der Waals surface area contributed by atoms with E-state index < -0.39 is 11.9 Å². The summed E-state index contributed by atoms with van der Waals surface area (Å²) in [6, 6.07) is 4.61. The van der Waals surface area contributed by atoms with Crippen LogP contribution in [0, 0.1) is 0 Å². The molecule has 2 aliphatic rings. The van der Waals surface area contributed by atoms with Gasteiger partial charge < -0.3 is 9.64 Å². The van der Waals surface area contributed by atoms with Gasteiger partial charge in [-0.05, 0) is 25.5 Å². The third-order valence-electron chi connectivity index (χ3n) is 3.82. The Labute approximate surface area is 127 Å². The molecule has 0 bridgehead atoms. The lowest BCUT2D eigenvalue weighted by Gasteiger charge is -2.29. The van der Waals surface area contributed by atoms with Crippen molar-refractivity contribution in [2.45, 2.75) is 32.4 Å². The quantitative estimate of drug-likeness (QED) is 0.675. The van der Waals surface area contributed by atoms with Crippen molar-refractivity contribution in [1.29, 1.82) is 0 Å². The lowest BCUT2D eigenvalue weighted by molar-refractivity contribution is -0.136. The number of rotatable bonds is 3. The number of benzene rings is 1. The number of nitrogens with one attached hydrogen (secondary N) is 1. The van der Waals surface area contributed by atoms with Gasteiger partial charge in [0.25, 0.3) is 5.91 Å². The monoisotopic (exact) mass is 300 g/mol. The van der Waals surface area contributed by atoms with E-state index in [9.17, 15) is 14.4 Å². The molecule has 6 heteroatoms. The molecule has 3 amide bonds. The van der Waals surface area contributed by atoms with E-state index in [2.05, 4.69) is 11.9 Å². The number of nitrogens with zero attached hydrogens (tertiary/aromatic N) is 1. The predicted octanol–water partition coefficient (Wildman–Crippen LogP) is 1.36. The van der Waals surface area contributed by atoms with Gasteiger partial charge in [-0.3, -0.25) is 19.7 Å². The summed E-state index contributed by atoms with van der Waals surface area (Å²) in [6.07, 6.45) is 0.590. The van der Waals surface area contributed by atoms with Crippen LogP contribution in [-0.2, 0) is 16.1 Å². The number of fused-ring (bicyclic) bond motifs is 1. The molecule has 6 nitrogen and oxygen atoms in total. The van der Waals surface area contributed by atoms with Crippen LogP contribution in [0.4, 0.5) is 0 Å². The molecule has 2 heterocycles. The van der Waals surface area contributed by atoms with Crippen molar-refractivity contribution in [2.75, 3.05) is 0 Å². The molecule has 114 valence electrons. The summed E-state index contributed by atoms with van der Waals surface area (Å²) in [5.74, 6) is 0.182. The Morgan fingerprint density at radius 2 is 2.14 bits per heavy atom. The van der Waals surface area contributed by atoms with E-state index in [0.29, 0.717) is 30.0 Å². The smallest absolute Gasteiger partial charge is 0.255 e. The van der Waals surface area contributed by atoms with Gasteiger partial charge in [0.15, 0.2) is 0 Å². The molecule has 0 radical (unpaired) electrons. The third kappa shape index (κ3) is 2.36. The second-order valence-corrected chi connectivity index (χ2v) is 5.49. The number of imide groups is 1. The average molecular weight is 300 g/mol. The average Bonchev–Trinajstić information content (AvgIpc) is 2.77. The van der Waals surface area contributed by atoms with Crippen molar-refractivity contribution in [2.24, 2.45) is 0 Å². The number of allylic oxidation sites excluding steroid dienone is 1. The number of hydrogen-bond donors (Lipinski definition) is 1. The van der Waals surface area contributed by atoms with Gasteiger partial charge in [0.05, 0.1) is 12.3 Å². The summed E-state index contributed by atoms with van der Waals surface area (Å²) >= 11 is 0. The highest BCUT2D eigenvalue weighted by molar-refractivity contribution is 6.05. The normalized spacial score (nSPS) is 20.7. The first kappa shape index (κ1) is 14.3. The molecule has 1 aromatic carbocycles. The zero-order valence-electron chi connectivity index (χ0n) is 12.2. The van der Waals surface area contributed by atoms with Crippen molar-refractivity contribution >= 4 is 17.7 Å². The Morgan fingerprint density at radius 1 is 1.36 bits per heavy atom. The molecule has 0 aromatic heterocycles. The summed E-state index contributed by atoms with van der Waals surface area (Å²) < 4.78 is 5.56. The van der Waals surface area contributed by atoms with Crippen LogP contribution in [0.5, 0.6) is 5.75 Å². The summed E-state index contributed by atoms with van der Waals surface area (Å²) in [5, 5.41) is 2.28. The molecule has 1 fully saturated rings. The highest BCUT2D eigenvalue weighted by atomic mass is 16.5. The third-order valence-corrected chi connectivity index (χ3v) is 3.82. The summed E-state index contributed by atoms with van der Waals surface area (Å²) in [4.78, 5) is 37.3. The largest absolute Gasteiger partial charge is 0.462 e. The summed E-state index contributed by atoms with van der Waals surface area (Å²) in [7, 11) is 0. The van der Waals surface area contributed by atoms with Crippen LogP contribution in [0.3, 0.4) is 0 Å². The van der Waals surface area contributed by atoms with E-state index in [4.69, 9.17) is 4.74 Å². The van der Waals surface area contributed by atoms with Crippen LogP contribution in [0.2, 0.25) is 0 Å². The topological polar surface area (TPSA) is 75.7 Å². The number of carbonyl (C=O) groups excluding carboxylic acids is 3. The Hall–Kier alpha value is -2.63. The van der Waals surface area contributed by atoms with Crippen LogP contribution >= 0.6 is 0 Å². The molecule has 3 rings (SSSR count). The van der Waals surface area contributed by atoms with Crippen molar-refractivity contribution in [3.63, 3.8) is 0 Å². The van der Waals surface area contributed by atoms with Gasteiger partial charge >= 0.3 is 0 Å². The van der Waals surface area contributed by atoms with Gasteiger partial charge in [-0.15, -0.1) is 0 Å². The maximum absolute atomic E-state index is 12.5. The minimum absolute atomic E-state index is 0.211. The van der Waals surface area contributed by atoms with E-state index in [1.807, 2.05) is 0 Å². The molecular weight excluding hydrogens is 284 g/mol. The first-order chi connectivity index (χ1) is 10.5. The molecular formula is C16H16N2O4. The Kier molecular flexibility index (Phi) is 3.44. The van der Waals surface area contributed by atoms with Gasteiger partial charge in [0.2, 0.25) is 11.8 Å². The van der Waals surface area contributed by atoms with Gasteiger partial charge in [0.1, 0.15) is 11.8 Å². The number of hydrogen-bond acceptors (Lipinski definition) is 4. The molecule has 1 atom stereocenters. The van der Waals surface area contributed by atoms with E-state index in [1.165, 1.54) is 4.90 Å². The lowest BCUT2D eigenvalue weighted by atomic mass is 10.0. The predicted molar refractivity (Wildman–Crippen MR) is 77.9 cm³/mol. The van der Waals surface area contributed by atoms with Crippen molar-refractivity contribution < 1.29 is 19.1 Å². The number of carbonyl (C=O) groups is 3. The number of piperidine rings is 1. The summed E-state index contributed by atoms with van der Waals surface area (Å²) in [6.45, 7) is 5.73. The Morgan fingerprint density at radius 3 is 2.82 bits per heavy atom. The molecule has 0 aliphatic carbocycles. The van der Waals surface area contributed by atoms with E-state index in [-0.39, 0.29) is 18.2 Å². The van der Waals surface area contributed by atoms with Crippen molar-refractivity contribution in [3.05, 3.63) is 41.7 Å². The molecule has 2 aliphatic heterocycles. The minimum atomic E-state index is -0.615. The fraction of sp³-hybridized carbons (Fsp3) is 0.312. The molecule has 1 saturated heterocycles. The van der Waals surface area contributed by atoms with Crippen LogP contribution in [-0.4, -0.2) is 28.7 Å². The fourth-order valence-electron chi connectivity index (χ4n) is 2.84. The van der Waals surface area contributed by atoms with Gasteiger partial charge in [-0.2, -0.15) is 0 Å². The maximum atomic E-state index is 12.5. The highest BCUT2D eigenvalue weighted by Gasteiger charge is 2.40. The number of ether oxygens (including phenoxy) is 1. The van der Waals surface area contributed by atoms with Crippen LogP contribution in [0.1, 0.15) is 35.7 Å². The fourth-order valence-corrected chi connectivity index (χ4v) is 2.84. The second kappa shape index (κ2) is 5.29. The van der Waals surface area contributed by atoms with Crippen LogP contribution in [0.15, 0.2) is 30.5 Å². The molecule has 1 N–H and O–H groups in total. The maximum Gasteiger partial charge on any atom is 0.255 e. The second-order valence-electron chi connectivity index (χ2n) is 5.49. The van der Waals surface area contributed by atoms with E-state index in [0.717, 1.165) is 5.56 Å². The van der Waals surface area contributed by atoms with Crippen molar-refractivity contribution in [1.82, 2.24) is 10.2 Å². The zero-order valence-corrected chi connectivity index (χ0v) is 12.2. The lowest BCUT2D eigenvalue weighted by Crippen LogP contribution is -2.52. The molecule has 0 spiro atoms. The SMILES string of the molecule is C=C(C)Oc1cccc2c1CN(C1CCC(=O)NC1=O)C2=O. The van der Waals surface area contributed by atoms with E-state index in [1.54, 1.807) is 25.1 Å². The summed E-state index contributed by atoms with van der Waals surface area (Å²) in [5.41, 5.74) is 1.28. The standard InChI is InChI=1S/C16H16N2O4/c1-9(2)22-13-5-3-4-10-11(13)8-18(16(10)21)12-6-7-14(19)17-15(12)20/h3-5,12H,1,6-8H2,2H3,(H,17,19,20). The van der Waals surface area contributed by atoms with Gasteiger partial charge in [-0.25, -0.2) is 0 Å². The van der Waals surface area contributed by atoms with E-state index >= 15 is 0 Å². The van der Waals surface area contributed by atoms with Crippen LogP contribution in [0.25, 0.3) is 0 Å². The Balaban J connectivity index is 1.89. The minimum Gasteiger partial charge on any atom is -0.462 e. The highest BCUT2D eigenvalue weighted by Crippen LogP contribution is 2.34. The molecule has 1 aromatic rings. The molecule has 22 heavy (non-hydrogen) atoms. The first-order valence-corrected chi connectivity index (χ1v) is 7.07. The van der Waals surface area contributed by atoms with Gasteiger partial charge in [0, 0.05) is 17.5 Å². The number of amides is 3. The van der Waals surface area contributed by atoms with Crippen molar-refractivity contribution in [3.8, 4) is 5.75 Å². The zero-order chi connectivity index (χ0) is 15.9. The Bertz CT molecular complexity index is 695. The van der Waals surface area contributed by atoms with Gasteiger partial charge in [-0.1, -0.05) is 12.6 Å².